The molecule has 0 radical (unpaired) electrons. The van der Waals surface area contributed by atoms with Gasteiger partial charge in [0.25, 0.3) is 0 Å². The molecule has 1 aromatic carbocycles. The normalized spacial score (nSPS) is 14.2. The minimum absolute atomic E-state index is 0.0740. The largest absolute Gasteiger partial charge is 0.481 e. The van der Waals surface area contributed by atoms with Crippen LogP contribution in [-0.4, -0.2) is 11.1 Å². The summed E-state index contributed by atoms with van der Waals surface area (Å²) in [7, 11) is 0. The zero-order chi connectivity index (χ0) is 13.5. The average molecular weight is 249 g/mol. The third-order valence-electron chi connectivity index (χ3n) is 3.13. The van der Waals surface area contributed by atoms with Gasteiger partial charge in [-0.15, -0.1) is 0 Å². The minimum atomic E-state index is -0.756. The number of carboxylic acid groups (broad SMARTS) is 1. The van der Waals surface area contributed by atoms with Crippen molar-refractivity contribution in [1.29, 1.82) is 0 Å². The summed E-state index contributed by atoms with van der Waals surface area (Å²) >= 11 is 0. The Hall–Kier alpha value is -1.35. The predicted octanol–water partition coefficient (Wildman–Crippen LogP) is 3.14. The van der Waals surface area contributed by atoms with Crippen LogP contribution in [0.25, 0.3) is 0 Å². The molecule has 0 aromatic heterocycles. The van der Waals surface area contributed by atoms with Crippen LogP contribution in [0, 0.1) is 5.92 Å². The summed E-state index contributed by atoms with van der Waals surface area (Å²) in [5, 5.41) is 8.72. The van der Waals surface area contributed by atoms with Gasteiger partial charge in [0, 0.05) is 12.5 Å². The summed E-state index contributed by atoms with van der Waals surface area (Å²) in [4.78, 5) is 10.6. The second kappa shape index (κ2) is 7.17. The van der Waals surface area contributed by atoms with Gasteiger partial charge in [0.2, 0.25) is 0 Å². The lowest BCUT2D eigenvalue weighted by atomic mass is 9.93. The van der Waals surface area contributed by atoms with Crippen molar-refractivity contribution in [2.45, 2.75) is 45.6 Å². The van der Waals surface area contributed by atoms with Crippen LogP contribution in [0.3, 0.4) is 0 Å². The Bertz CT molecular complexity index is 373. The molecule has 1 rings (SSSR count). The van der Waals surface area contributed by atoms with E-state index < -0.39 is 5.97 Å². The quantitative estimate of drug-likeness (QED) is 0.780. The lowest BCUT2D eigenvalue weighted by molar-refractivity contribution is -0.138. The molecular formula is C15H23NO2. The van der Waals surface area contributed by atoms with Crippen LogP contribution in [0.2, 0.25) is 0 Å². The van der Waals surface area contributed by atoms with E-state index in [0.717, 1.165) is 18.4 Å². The first kappa shape index (κ1) is 14.7. The van der Waals surface area contributed by atoms with Gasteiger partial charge >= 0.3 is 5.97 Å². The van der Waals surface area contributed by atoms with E-state index in [9.17, 15) is 4.79 Å². The Morgan fingerprint density at radius 3 is 2.44 bits per heavy atom. The number of nitrogens with two attached hydrogens (primary N) is 1. The fourth-order valence-electron chi connectivity index (χ4n) is 2.17. The van der Waals surface area contributed by atoms with Crippen molar-refractivity contribution in [3.05, 3.63) is 35.4 Å². The standard InChI is InChI=1S/C15H23NO2/c1-3-4-12-5-7-13(8-6-12)14(16)9-11(2)10-15(17)18/h5-8,11,14H,3-4,9-10,16H2,1-2H3,(H,17,18). The van der Waals surface area contributed by atoms with Crippen LogP contribution in [-0.2, 0) is 11.2 Å². The predicted molar refractivity (Wildman–Crippen MR) is 73.4 cm³/mol. The van der Waals surface area contributed by atoms with Crippen LogP contribution < -0.4 is 5.73 Å². The van der Waals surface area contributed by atoms with Gasteiger partial charge in [-0.25, -0.2) is 0 Å². The number of carboxylic acids is 1. The van der Waals surface area contributed by atoms with Crippen molar-refractivity contribution >= 4 is 5.97 Å². The molecule has 100 valence electrons. The molecule has 3 N–H and O–H groups in total. The highest BCUT2D eigenvalue weighted by Crippen LogP contribution is 2.21. The molecule has 0 aliphatic carbocycles. The Morgan fingerprint density at radius 2 is 1.94 bits per heavy atom. The number of aliphatic carboxylic acids is 1. The van der Waals surface area contributed by atoms with E-state index in [2.05, 4.69) is 31.2 Å². The van der Waals surface area contributed by atoms with Gasteiger partial charge in [-0.1, -0.05) is 44.5 Å². The minimum Gasteiger partial charge on any atom is -0.481 e. The van der Waals surface area contributed by atoms with Crippen LogP contribution in [0.4, 0.5) is 0 Å². The van der Waals surface area contributed by atoms with Crippen molar-refractivity contribution in [2.24, 2.45) is 11.7 Å². The van der Waals surface area contributed by atoms with E-state index in [1.165, 1.54) is 5.56 Å². The zero-order valence-electron chi connectivity index (χ0n) is 11.2. The molecule has 2 atom stereocenters. The molecule has 0 spiro atoms. The van der Waals surface area contributed by atoms with Gasteiger partial charge in [0.05, 0.1) is 0 Å². The Labute approximate surface area is 109 Å². The Morgan fingerprint density at radius 1 is 1.33 bits per heavy atom. The SMILES string of the molecule is CCCc1ccc(C(N)CC(C)CC(=O)O)cc1. The summed E-state index contributed by atoms with van der Waals surface area (Å²) in [6.07, 6.45) is 3.12. The lowest BCUT2D eigenvalue weighted by Crippen LogP contribution is -2.16. The van der Waals surface area contributed by atoms with Crippen LogP contribution in [0.15, 0.2) is 24.3 Å². The molecule has 3 nitrogen and oxygen atoms in total. The smallest absolute Gasteiger partial charge is 0.303 e. The van der Waals surface area contributed by atoms with Crippen molar-refractivity contribution in [1.82, 2.24) is 0 Å². The molecule has 0 fully saturated rings. The summed E-state index contributed by atoms with van der Waals surface area (Å²) in [6, 6.07) is 8.27. The van der Waals surface area contributed by atoms with E-state index >= 15 is 0 Å². The zero-order valence-corrected chi connectivity index (χ0v) is 11.2. The number of hydrogen-bond acceptors (Lipinski definition) is 2. The molecule has 1 aromatic rings. The van der Waals surface area contributed by atoms with Crippen molar-refractivity contribution in [3.8, 4) is 0 Å². The molecule has 2 unspecified atom stereocenters. The molecule has 0 aliphatic heterocycles. The maximum Gasteiger partial charge on any atom is 0.303 e. The van der Waals surface area contributed by atoms with E-state index in [0.29, 0.717) is 6.42 Å². The monoisotopic (exact) mass is 249 g/mol. The van der Waals surface area contributed by atoms with Crippen LogP contribution >= 0.6 is 0 Å². The van der Waals surface area contributed by atoms with Gasteiger partial charge in [-0.2, -0.15) is 0 Å². The Kier molecular flexibility index (Phi) is 5.86. The number of carbonyl (C=O) groups is 1. The number of benzene rings is 1. The van der Waals surface area contributed by atoms with Crippen molar-refractivity contribution in [2.75, 3.05) is 0 Å². The maximum atomic E-state index is 10.6. The van der Waals surface area contributed by atoms with Gasteiger partial charge < -0.3 is 10.8 Å². The highest BCUT2D eigenvalue weighted by Gasteiger charge is 2.13. The van der Waals surface area contributed by atoms with Crippen molar-refractivity contribution < 1.29 is 9.90 Å². The molecule has 0 bridgehead atoms. The fourth-order valence-corrected chi connectivity index (χ4v) is 2.17. The highest BCUT2D eigenvalue weighted by atomic mass is 16.4. The number of rotatable bonds is 7. The molecule has 0 saturated carbocycles. The highest BCUT2D eigenvalue weighted by molar-refractivity contribution is 5.66. The molecule has 0 aliphatic rings. The number of hydrogen-bond donors (Lipinski definition) is 2. The van der Waals surface area contributed by atoms with Gasteiger partial charge in [-0.05, 0) is 29.9 Å². The molecular weight excluding hydrogens is 226 g/mol. The summed E-state index contributed by atoms with van der Waals surface area (Å²) in [5.41, 5.74) is 8.52. The van der Waals surface area contributed by atoms with E-state index in [-0.39, 0.29) is 18.4 Å². The van der Waals surface area contributed by atoms with Crippen LogP contribution in [0.5, 0.6) is 0 Å². The van der Waals surface area contributed by atoms with Gasteiger partial charge in [-0.3, -0.25) is 4.79 Å². The molecule has 18 heavy (non-hydrogen) atoms. The van der Waals surface area contributed by atoms with E-state index in [1.807, 2.05) is 6.92 Å². The van der Waals surface area contributed by atoms with Crippen molar-refractivity contribution in [3.63, 3.8) is 0 Å². The van der Waals surface area contributed by atoms with E-state index in [4.69, 9.17) is 10.8 Å². The molecule has 0 amide bonds. The Balaban J connectivity index is 2.55. The summed E-state index contributed by atoms with van der Waals surface area (Å²) < 4.78 is 0. The molecule has 0 saturated heterocycles. The van der Waals surface area contributed by atoms with E-state index in [1.54, 1.807) is 0 Å². The second-order valence-electron chi connectivity index (χ2n) is 5.04. The fraction of sp³-hybridized carbons (Fsp3) is 0.533. The molecule has 3 heteroatoms. The first-order chi connectivity index (χ1) is 8.52. The first-order valence-corrected chi connectivity index (χ1v) is 6.59. The maximum absolute atomic E-state index is 10.6. The summed E-state index contributed by atoms with van der Waals surface area (Å²) in [6.45, 7) is 4.09. The van der Waals surface area contributed by atoms with Gasteiger partial charge in [0.15, 0.2) is 0 Å². The first-order valence-electron chi connectivity index (χ1n) is 6.59. The number of aryl methyl sites for hydroxylation is 1. The molecule has 0 heterocycles. The lowest BCUT2D eigenvalue weighted by Gasteiger charge is -2.16. The summed E-state index contributed by atoms with van der Waals surface area (Å²) in [5.74, 6) is -0.652. The second-order valence-corrected chi connectivity index (χ2v) is 5.04. The van der Waals surface area contributed by atoms with Crippen LogP contribution in [0.1, 0.15) is 50.3 Å². The third-order valence-corrected chi connectivity index (χ3v) is 3.13. The third kappa shape index (κ3) is 4.88. The van der Waals surface area contributed by atoms with Gasteiger partial charge in [0.1, 0.15) is 0 Å². The topological polar surface area (TPSA) is 63.3 Å². The average Bonchev–Trinajstić information content (AvgIpc) is 2.29.